The predicted molar refractivity (Wildman–Crippen MR) is 106 cm³/mol. The number of carbonyl (C=O) groups excluding carboxylic acids is 2. The third-order valence-electron chi connectivity index (χ3n) is 5.17. The Morgan fingerprint density at radius 2 is 1.81 bits per heavy atom. The number of esters is 1. The average molecular weight is 368 g/mol. The zero-order valence-electron chi connectivity index (χ0n) is 16.4. The Labute approximate surface area is 160 Å². The predicted octanol–water partition coefficient (Wildman–Crippen LogP) is 4.24. The molecular formula is C22H28N2O3. The first-order chi connectivity index (χ1) is 12.9. The Kier molecular flexibility index (Phi) is 6.09. The van der Waals surface area contributed by atoms with Crippen molar-refractivity contribution in [2.24, 2.45) is 0 Å². The van der Waals surface area contributed by atoms with Crippen LogP contribution in [0, 0.1) is 13.8 Å². The molecule has 1 atom stereocenters. The van der Waals surface area contributed by atoms with Gasteiger partial charge in [0.05, 0.1) is 11.1 Å². The van der Waals surface area contributed by atoms with E-state index < -0.39 is 12.1 Å². The van der Waals surface area contributed by atoms with Crippen LogP contribution in [0.4, 0.5) is 0 Å². The lowest BCUT2D eigenvalue weighted by Crippen LogP contribution is -2.41. The van der Waals surface area contributed by atoms with E-state index in [1.54, 1.807) is 13.0 Å². The third-order valence-corrected chi connectivity index (χ3v) is 5.17. The topological polar surface area (TPSA) is 68.3 Å². The summed E-state index contributed by atoms with van der Waals surface area (Å²) in [7, 11) is 0. The second kappa shape index (κ2) is 8.51. The lowest BCUT2D eigenvalue weighted by Gasteiger charge is -2.20. The minimum Gasteiger partial charge on any atom is -0.449 e. The molecule has 1 fully saturated rings. The van der Waals surface area contributed by atoms with Crippen LogP contribution in [-0.2, 0) is 9.53 Å². The summed E-state index contributed by atoms with van der Waals surface area (Å²) in [5.74, 6) is -0.707. The van der Waals surface area contributed by atoms with Crippen LogP contribution in [0.2, 0.25) is 0 Å². The van der Waals surface area contributed by atoms with Gasteiger partial charge in [-0.05, 0) is 51.8 Å². The molecule has 27 heavy (non-hydrogen) atoms. The summed E-state index contributed by atoms with van der Waals surface area (Å²) in [6.07, 6.45) is 5.91. The van der Waals surface area contributed by atoms with Crippen molar-refractivity contribution in [2.45, 2.75) is 71.4 Å². The van der Waals surface area contributed by atoms with Crippen molar-refractivity contribution in [3.63, 3.8) is 0 Å². The molecule has 0 aliphatic heterocycles. The Hall–Kier alpha value is -2.43. The molecule has 3 rings (SSSR count). The van der Waals surface area contributed by atoms with Crippen molar-refractivity contribution < 1.29 is 14.3 Å². The quantitative estimate of drug-likeness (QED) is 0.647. The fourth-order valence-electron chi connectivity index (χ4n) is 3.66. The van der Waals surface area contributed by atoms with Gasteiger partial charge in [-0.15, -0.1) is 0 Å². The molecule has 1 heterocycles. The number of ether oxygens (including phenoxy) is 1. The molecule has 1 aliphatic carbocycles. The molecule has 5 heteroatoms. The fraction of sp³-hybridized carbons (Fsp3) is 0.500. The summed E-state index contributed by atoms with van der Waals surface area (Å²) in [4.78, 5) is 29.7. The third kappa shape index (κ3) is 4.85. The maximum atomic E-state index is 12.8. The largest absolute Gasteiger partial charge is 0.449 e. The highest BCUT2D eigenvalue weighted by atomic mass is 16.5. The van der Waals surface area contributed by atoms with Gasteiger partial charge >= 0.3 is 5.97 Å². The smallest absolute Gasteiger partial charge is 0.339 e. The molecule has 1 N–H and O–H groups in total. The highest BCUT2D eigenvalue weighted by molar-refractivity contribution is 6.04. The first-order valence-electron chi connectivity index (χ1n) is 9.83. The van der Waals surface area contributed by atoms with Gasteiger partial charge in [0.25, 0.3) is 5.91 Å². The number of hydrogen-bond donors (Lipinski definition) is 1. The number of pyridine rings is 1. The minimum atomic E-state index is -0.825. The van der Waals surface area contributed by atoms with E-state index in [0.717, 1.165) is 47.8 Å². The Morgan fingerprint density at radius 1 is 1.11 bits per heavy atom. The van der Waals surface area contributed by atoms with Crippen LogP contribution in [0.3, 0.4) is 0 Å². The van der Waals surface area contributed by atoms with Crippen molar-refractivity contribution in [3.05, 3.63) is 41.1 Å². The van der Waals surface area contributed by atoms with Gasteiger partial charge in [-0.2, -0.15) is 0 Å². The second-order valence-corrected chi connectivity index (χ2v) is 7.58. The van der Waals surface area contributed by atoms with Crippen LogP contribution in [0.5, 0.6) is 0 Å². The van der Waals surface area contributed by atoms with Gasteiger partial charge in [-0.1, -0.05) is 37.3 Å². The summed E-state index contributed by atoms with van der Waals surface area (Å²) >= 11 is 0. The van der Waals surface area contributed by atoms with Crippen LogP contribution in [0.1, 0.15) is 67.1 Å². The first kappa shape index (κ1) is 19.3. The molecule has 5 nitrogen and oxygen atoms in total. The Morgan fingerprint density at radius 3 is 2.52 bits per heavy atom. The molecule has 2 aromatic rings. The van der Waals surface area contributed by atoms with Crippen LogP contribution in [0.25, 0.3) is 10.9 Å². The van der Waals surface area contributed by atoms with E-state index in [1.807, 2.05) is 32.0 Å². The van der Waals surface area contributed by atoms with Gasteiger partial charge in [0.15, 0.2) is 6.10 Å². The molecule has 144 valence electrons. The fourth-order valence-corrected chi connectivity index (χ4v) is 3.66. The number of carbonyl (C=O) groups is 2. The van der Waals surface area contributed by atoms with Gasteiger partial charge in [0.1, 0.15) is 0 Å². The SMILES string of the molecule is Cc1ccc2nc(C)cc(C(=O)OC(C)C(=O)NC3CCCCCC3)c2c1. The maximum Gasteiger partial charge on any atom is 0.339 e. The molecule has 1 aromatic carbocycles. The highest BCUT2D eigenvalue weighted by Crippen LogP contribution is 2.22. The molecule has 0 saturated heterocycles. The standard InChI is InChI=1S/C22H28N2O3/c1-14-10-11-20-18(12-14)19(13-15(2)23-20)22(26)27-16(3)21(25)24-17-8-6-4-5-7-9-17/h10-13,16-17H,4-9H2,1-3H3,(H,24,25). The van der Waals surface area contributed by atoms with Crippen LogP contribution >= 0.6 is 0 Å². The molecule has 0 radical (unpaired) electrons. The van der Waals surface area contributed by atoms with Crippen molar-refractivity contribution in [2.75, 3.05) is 0 Å². The van der Waals surface area contributed by atoms with Gasteiger partial charge in [0, 0.05) is 17.1 Å². The summed E-state index contributed by atoms with van der Waals surface area (Å²) in [6, 6.07) is 7.70. The van der Waals surface area contributed by atoms with Crippen molar-refractivity contribution in [3.8, 4) is 0 Å². The molecule has 1 unspecified atom stereocenters. The number of nitrogens with one attached hydrogen (secondary N) is 1. The minimum absolute atomic E-state index is 0.188. The van der Waals surface area contributed by atoms with Crippen molar-refractivity contribution >= 4 is 22.8 Å². The highest BCUT2D eigenvalue weighted by Gasteiger charge is 2.23. The first-order valence-corrected chi connectivity index (χ1v) is 9.83. The van der Waals surface area contributed by atoms with E-state index in [9.17, 15) is 9.59 Å². The van der Waals surface area contributed by atoms with Gasteiger partial charge in [0.2, 0.25) is 0 Å². The summed E-state index contributed by atoms with van der Waals surface area (Å²) < 4.78 is 5.50. The Balaban J connectivity index is 1.71. The van der Waals surface area contributed by atoms with Crippen molar-refractivity contribution in [1.82, 2.24) is 10.3 Å². The molecule has 1 aromatic heterocycles. The van der Waals surface area contributed by atoms with E-state index in [-0.39, 0.29) is 11.9 Å². The van der Waals surface area contributed by atoms with Gasteiger partial charge in [-0.3, -0.25) is 9.78 Å². The molecule has 1 saturated carbocycles. The normalized spacial score (nSPS) is 16.6. The number of aromatic nitrogens is 1. The molecule has 1 amide bonds. The average Bonchev–Trinajstić information content (AvgIpc) is 2.90. The number of aryl methyl sites for hydroxylation is 2. The van der Waals surface area contributed by atoms with Gasteiger partial charge in [-0.25, -0.2) is 4.79 Å². The maximum absolute atomic E-state index is 12.8. The van der Waals surface area contributed by atoms with Crippen LogP contribution < -0.4 is 5.32 Å². The zero-order chi connectivity index (χ0) is 19.4. The van der Waals surface area contributed by atoms with Crippen LogP contribution in [-0.4, -0.2) is 29.0 Å². The second-order valence-electron chi connectivity index (χ2n) is 7.58. The van der Waals surface area contributed by atoms with E-state index in [4.69, 9.17) is 4.74 Å². The van der Waals surface area contributed by atoms with E-state index >= 15 is 0 Å². The zero-order valence-corrected chi connectivity index (χ0v) is 16.4. The number of rotatable bonds is 4. The number of hydrogen-bond acceptors (Lipinski definition) is 4. The number of nitrogens with zero attached hydrogens (tertiary/aromatic N) is 1. The monoisotopic (exact) mass is 368 g/mol. The lowest BCUT2D eigenvalue weighted by atomic mass is 10.1. The molecule has 1 aliphatic rings. The summed E-state index contributed by atoms with van der Waals surface area (Å²) in [5.41, 5.74) is 2.99. The molecule has 0 spiro atoms. The summed E-state index contributed by atoms with van der Waals surface area (Å²) in [5, 5.41) is 3.80. The van der Waals surface area contributed by atoms with E-state index in [2.05, 4.69) is 10.3 Å². The molecular weight excluding hydrogens is 340 g/mol. The van der Waals surface area contributed by atoms with E-state index in [0.29, 0.717) is 5.56 Å². The lowest BCUT2D eigenvalue weighted by molar-refractivity contribution is -0.129. The summed E-state index contributed by atoms with van der Waals surface area (Å²) in [6.45, 7) is 5.45. The molecule has 0 bridgehead atoms. The van der Waals surface area contributed by atoms with Crippen LogP contribution in [0.15, 0.2) is 24.3 Å². The van der Waals surface area contributed by atoms with Gasteiger partial charge < -0.3 is 10.1 Å². The van der Waals surface area contributed by atoms with Crippen molar-refractivity contribution in [1.29, 1.82) is 0 Å². The number of benzene rings is 1. The number of fused-ring (bicyclic) bond motifs is 1. The number of amides is 1. The Bertz CT molecular complexity index is 839. The van der Waals surface area contributed by atoms with E-state index in [1.165, 1.54) is 12.8 Å².